The van der Waals surface area contributed by atoms with Gasteiger partial charge in [0.15, 0.2) is 0 Å². The molecule has 5 heteroatoms. The molecule has 0 aromatic carbocycles. The van der Waals surface area contributed by atoms with Crippen LogP contribution in [0.5, 0.6) is 0 Å². The summed E-state index contributed by atoms with van der Waals surface area (Å²) in [5, 5.41) is 2.05. The number of carbonyl (C=O) groups excluding carboxylic acids is 1. The predicted molar refractivity (Wildman–Crippen MR) is 70.2 cm³/mol. The highest BCUT2D eigenvalue weighted by atomic mass is 32.1. The average molecular weight is 266 g/mol. The molecule has 0 spiro atoms. The van der Waals surface area contributed by atoms with Gasteiger partial charge in [0.05, 0.1) is 25.7 Å². The Balaban J connectivity index is 1.71. The Hall–Kier alpha value is -0.910. The van der Waals surface area contributed by atoms with E-state index < -0.39 is 0 Å². The van der Waals surface area contributed by atoms with E-state index >= 15 is 0 Å². The van der Waals surface area contributed by atoms with E-state index in [9.17, 15) is 4.79 Å². The number of amides is 1. The minimum absolute atomic E-state index is 0.137. The van der Waals surface area contributed by atoms with Crippen LogP contribution in [0, 0.1) is 5.92 Å². The number of hydrogen-bond acceptors (Lipinski definition) is 4. The van der Waals surface area contributed by atoms with Crippen molar-refractivity contribution in [2.75, 3.05) is 13.2 Å². The number of nitrogens with zero attached hydrogens (tertiary/aromatic N) is 1. The van der Waals surface area contributed by atoms with Gasteiger partial charge in [-0.1, -0.05) is 6.07 Å². The molecule has 1 aromatic heterocycles. The smallest absolute Gasteiger partial charge is 0.230 e. The molecule has 4 nitrogen and oxygen atoms in total. The van der Waals surface area contributed by atoms with Crippen molar-refractivity contribution in [2.24, 2.45) is 11.7 Å². The Labute approximate surface area is 111 Å². The van der Waals surface area contributed by atoms with Gasteiger partial charge in [-0.15, -0.1) is 11.3 Å². The van der Waals surface area contributed by atoms with Gasteiger partial charge in [-0.25, -0.2) is 0 Å². The van der Waals surface area contributed by atoms with Crippen molar-refractivity contribution in [3.8, 4) is 0 Å². The van der Waals surface area contributed by atoms with E-state index in [4.69, 9.17) is 10.5 Å². The summed E-state index contributed by atoms with van der Waals surface area (Å²) >= 11 is 1.70. The molecule has 1 aromatic rings. The van der Waals surface area contributed by atoms with E-state index in [-0.39, 0.29) is 17.9 Å². The number of rotatable bonds is 4. The van der Waals surface area contributed by atoms with Crippen LogP contribution < -0.4 is 5.73 Å². The van der Waals surface area contributed by atoms with Gasteiger partial charge >= 0.3 is 0 Å². The lowest BCUT2D eigenvalue weighted by molar-refractivity contribution is -0.137. The summed E-state index contributed by atoms with van der Waals surface area (Å²) in [5.41, 5.74) is 5.94. The van der Waals surface area contributed by atoms with Gasteiger partial charge in [0.25, 0.3) is 0 Å². The molecule has 2 atom stereocenters. The lowest BCUT2D eigenvalue weighted by Crippen LogP contribution is -2.44. The number of carbonyl (C=O) groups is 1. The van der Waals surface area contributed by atoms with Crippen molar-refractivity contribution in [3.63, 3.8) is 0 Å². The quantitative estimate of drug-likeness (QED) is 0.891. The van der Waals surface area contributed by atoms with Crippen LogP contribution in [0.25, 0.3) is 0 Å². The maximum Gasteiger partial charge on any atom is 0.230 e. The van der Waals surface area contributed by atoms with Gasteiger partial charge in [0.2, 0.25) is 5.91 Å². The zero-order valence-electron chi connectivity index (χ0n) is 10.2. The summed E-state index contributed by atoms with van der Waals surface area (Å²) in [7, 11) is 0. The van der Waals surface area contributed by atoms with Crippen molar-refractivity contribution in [3.05, 3.63) is 22.4 Å². The molecule has 3 rings (SSSR count). The molecule has 1 saturated carbocycles. The van der Waals surface area contributed by atoms with Crippen molar-refractivity contribution >= 4 is 17.2 Å². The Bertz CT molecular complexity index is 417. The molecule has 0 bridgehead atoms. The molecule has 2 N–H and O–H groups in total. The minimum Gasteiger partial charge on any atom is -0.379 e. The fourth-order valence-corrected chi connectivity index (χ4v) is 3.08. The third kappa shape index (κ3) is 2.43. The van der Waals surface area contributed by atoms with E-state index in [2.05, 4.69) is 11.4 Å². The maximum atomic E-state index is 12.5. The van der Waals surface area contributed by atoms with Gasteiger partial charge in [-0.3, -0.25) is 4.79 Å². The predicted octanol–water partition coefficient (Wildman–Crippen LogP) is 1.21. The fraction of sp³-hybridized carbons (Fsp3) is 0.615. The van der Waals surface area contributed by atoms with Gasteiger partial charge in [0.1, 0.15) is 0 Å². The van der Waals surface area contributed by atoms with Crippen LogP contribution in [0.2, 0.25) is 0 Å². The SMILES string of the molecule is NC1COCC1C(=O)N(Cc1cccs1)C1CC1. The van der Waals surface area contributed by atoms with Crippen molar-refractivity contribution in [2.45, 2.75) is 31.5 Å². The molecule has 2 aliphatic rings. The van der Waals surface area contributed by atoms with E-state index in [0.717, 1.165) is 19.4 Å². The number of ether oxygens (including phenoxy) is 1. The van der Waals surface area contributed by atoms with Crippen LogP contribution in [0.4, 0.5) is 0 Å². The number of nitrogens with two attached hydrogens (primary N) is 1. The highest BCUT2D eigenvalue weighted by Crippen LogP contribution is 2.31. The molecule has 2 unspecified atom stereocenters. The van der Waals surface area contributed by atoms with Gasteiger partial charge in [-0.05, 0) is 24.3 Å². The monoisotopic (exact) mass is 266 g/mol. The zero-order valence-corrected chi connectivity index (χ0v) is 11.1. The Morgan fingerprint density at radius 2 is 2.33 bits per heavy atom. The van der Waals surface area contributed by atoms with E-state index in [1.54, 1.807) is 11.3 Å². The number of thiophene rings is 1. The lowest BCUT2D eigenvalue weighted by Gasteiger charge is -2.26. The molecule has 2 heterocycles. The van der Waals surface area contributed by atoms with Crippen molar-refractivity contribution < 1.29 is 9.53 Å². The maximum absolute atomic E-state index is 12.5. The Morgan fingerprint density at radius 3 is 2.89 bits per heavy atom. The second kappa shape index (κ2) is 4.99. The fourth-order valence-electron chi connectivity index (χ4n) is 2.38. The molecule has 1 aliphatic carbocycles. The summed E-state index contributed by atoms with van der Waals surface area (Å²) in [6.07, 6.45) is 2.25. The average Bonchev–Trinajstić information content (AvgIpc) is 2.89. The molecule has 1 amide bonds. The second-order valence-corrected chi connectivity index (χ2v) is 6.12. The highest BCUT2D eigenvalue weighted by Gasteiger charge is 2.40. The Kier molecular flexibility index (Phi) is 3.37. The van der Waals surface area contributed by atoms with E-state index in [0.29, 0.717) is 19.3 Å². The highest BCUT2D eigenvalue weighted by molar-refractivity contribution is 7.09. The van der Waals surface area contributed by atoms with Gasteiger partial charge < -0.3 is 15.4 Å². The summed E-state index contributed by atoms with van der Waals surface area (Å²) in [6.45, 7) is 1.71. The molecule has 1 aliphatic heterocycles. The molecule has 0 radical (unpaired) electrons. The molecule has 1 saturated heterocycles. The second-order valence-electron chi connectivity index (χ2n) is 5.08. The summed E-state index contributed by atoms with van der Waals surface area (Å²) < 4.78 is 5.31. The van der Waals surface area contributed by atoms with Crippen molar-refractivity contribution in [1.82, 2.24) is 4.90 Å². The Morgan fingerprint density at radius 1 is 1.50 bits per heavy atom. The summed E-state index contributed by atoms with van der Waals surface area (Å²) in [4.78, 5) is 15.8. The van der Waals surface area contributed by atoms with Gasteiger partial charge in [-0.2, -0.15) is 0 Å². The minimum atomic E-state index is -0.148. The molecular formula is C13H18N2O2S. The van der Waals surface area contributed by atoms with E-state index in [1.807, 2.05) is 11.0 Å². The molecular weight excluding hydrogens is 248 g/mol. The van der Waals surface area contributed by atoms with Crippen LogP contribution in [0.15, 0.2) is 17.5 Å². The third-order valence-electron chi connectivity index (χ3n) is 3.62. The van der Waals surface area contributed by atoms with Crippen molar-refractivity contribution in [1.29, 1.82) is 0 Å². The van der Waals surface area contributed by atoms with Gasteiger partial charge in [0, 0.05) is 17.0 Å². The van der Waals surface area contributed by atoms with Crippen LogP contribution in [0.1, 0.15) is 17.7 Å². The van der Waals surface area contributed by atoms with Crippen LogP contribution in [-0.4, -0.2) is 36.1 Å². The largest absolute Gasteiger partial charge is 0.379 e. The zero-order chi connectivity index (χ0) is 12.5. The van der Waals surface area contributed by atoms with Crippen LogP contribution in [-0.2, 0) is 16.1 Å². The first kappa shape index (κ1) is 12.1. The summed E-state index contributed by atoms with van der Waals surface area (Å²) in [5.74, 6) is 0.0291. The first-order valence-corrected chi connectivity index (χ1v) is 7.30. The third-order valence-corrected chi connectivity index (χ3v) is 4.48. The topological polar surface area (TPSA) is 55.6 Å². The molecule has 18 heavy (non-hydrogen) atoms. The molecule has 2 fully saturated rings. The number of hydrogen-bond donors (Lipinski definition) is 1. The van der Waals surface area contributed by atoms with Crippen LogP contribution >= 0.6 is 11.3 Å². The molecule has 98 valence electrons. The lowest BCUT2D eigenvalue weighted by atomic mass is 10.0. The van der Waals surface area contributed by atoms with E-state index in [1.165, 1.54) is 4.88 Å². The normalized spacial score (nSPS) is 27.4. The standard InChI is InChI=1S/C13H18N2O2S/c14-12-8-17-7-11(12)13(16)15(9-3-4-9)6-10-2-1-5-18-10/h1-2,5,9,11-12H,3-4,6-8,14H2. The van der Waals surface area contributed by atoms with Crippen LogP contribution in [0.3, 0.4) is 0 Å². The first-order valence-electron chi connectivity index (χ1n) is 6.42. The first-order chi connectivity index (χ1) is 8.75. The summed E-state index contributed by atoms with van der Waals surface area (Å²) in [6, 6.07) is 4.40.